The Kier molecular flexibility index (Phi) is 5.94. The number of aromatic nitrogens is 1. The van der Waals surface area contributed by atoms with Crippen molar-refractivity contribution in [2.75, 3.05) is 32.5 Å². The third kappa shape index (κ3) is 4.16. The summed E-state index contributed by atoms with van der Waals surface area (Å²) < 4.78 is 47.5. The Balaban J connectivity index is 1.93. The lowest BCUT2D eigenvalue weighted by molar-refractivity contribution is -0.137. The first kappa shape index (κ1) is 23.5. The molecular formula is C21H20ClF3N6O3. The van der Waals surface area contributed by atoms with Crippen molar-refractivity contribution in [1.82, 2.24) is 20.1 Å². The van der Waals surface area contributed by atoms with Crippen molar-refractivity contribution < 1.29 is 27.8 Å². The Hall–Kier alpha value is -3.67. The highest BCUT2D eigenvalue weighted by molar-refractivity contribution is 6.33. The van der Waals surface area contributed by atoms with Crippen LogP contribution in [-0.2, 0) is 6.18 Å². The van der Waals surface area contributed by atoms with Gasteiger partial charge in [-0.1, -0.05) is 11.6 Å². The summed E-state index contributed by atoms with van der Waals surface area (Å²) in [4.78, 5) is 22.3. The van der Waals surface area contributed by atoms with Gasteiger partial charge in [-0.3, -0.25) is 4.99 Å². The maximum atomic E-state index is 13.9. The molecule has 0 saturated carbocycles. The molecule has 2 aliphatic rings. The van der Waals surface area contributed by atoms with Crippen molar-refractivity contribution in [1.29, 1.82) is 0 Å². The van der Waals surface area contributed by atoms with Crippen molar-refractivity contribution >= 4 is 29.3 Å². The van der Waals surface area contributed by atoms with Gasteiger partial charge in [0.2, 0.25) is 0 Å². The van der Waals surface area contributed by atoms with E-state index in [1.165, 1.54) is 26.3 Å². The van der Waals surface area contributed by atoms with Crippen molar-refractivity contribution in [3.8, 4) is 17.0 Å². The van der Waals surface area contributed by atoms with E-state index in [2.05, 4.69) is 15.3 Å². The average Bonchev–Trinajstić information content (AvgIpc) is 2.92. The maximum absolute atomic E-state index is 13.9. The van der Waals surface area contributed by atoms with Gasteiger partial charge in [0.15, 0.2) is 0 Å². The zero-order valence-corrected chi connectivity index (χ0v) is 18.8. The van der Waals surface area contributed by atoms with Gasteiger partial charge in [0, 0.05) is 31.9 Å². The van der Waals surface area contributed by atoms with Gasteiger partial charge >= 0.3 is 12.3 Å². The minimum Gasteiger partial charge on any atom is -0.465 e. The van der Waals surface area contributed by atoms with Crippen LogP contribution in [0.1, 0.15) is 11.1 Å². The lowest BCUT2D eigenvalue weighted by atomic mass is 9.99. The van der Waals surface area contributed by atoms with E-state index in [-0.39, 0.29) is 52.8 Å². The van der Waals surface area contributed by atoms with Gasteiger partial charge in [-0.25, -0.2) is 9.78 Å². The van der Waals surface area contributed by atoms with Gasteiger partial charge in [0.1, 0.15) is 30.3 Å². The number of nitrogen functional groups attached to an aromatic ring is 1. The van der Waals surface area contributed by atoms with Crippen LogP contribution in [-0.4, -0.2) is 52.8 Å². The Morgan fingerprint density at radius 1 is 1.41 bits per heavy atom. The summed E-state index contributed by atoms with van der Waals surface area (Å²) in [6.45, 7) is 1.86. The number of alkyl halides is 3. The van der Waals surface area contributed by atoms with E-state index in [0.29, 0.717) is 11.0 Å². The van der Waals surface area contributed by atoms with Crippen molar-refractivity contribution in [2.45, 2.75) is 13.1 Å². The van der Waals surface area contributed by atoms with Crippen molar-refractivity contribution in [2.24, 2.45) is 4.99 Å². The molecule has 0 atom stereocenters. The molecule has 4 N–H and O–H groups in total. The fourth-order valence-corrected chi connectivity index (χ4v) is 4.13. The lowest BCUT2D eigenvalue weighted by Gasteiger charge is -2.26. The highest BCUT2D eigenvalue weighted by Gasteiger charge is 2.38. The Morgan fingerprint density at radius 2 is 2.15 bits per heavy atom. The maximum Gasteiger partial charge on any atom is 0.418 e. The number of likely N-dealkylation sites (N-methyl/N-ethyl adjacent to an activating group) is 1. The molecule has 0 bridgehead atoms. The Bertz CT molecular complexity index is 1330. The summed E-state index contributed by atoms with van der Waals surface area (Å²) in [5.41, 5.74) is 4.30. The molecule has 4 rings (SSSR count). The standard InChI is InChI=1S/C21H20ClF3N6O3/c1-10-7-13(26)29-17(15(10)21(23,24)25)11-8-12-14-18(16(11)22)27-9-28-19(14)31(5-6-34-12)4-3-30(2)20(32)33/h5-8,28H,3-4,9H2,1-2H3,(H2,26,29)(H,32,33). The number of ether oxygens (including phenoxy) is 1. The second kappa shape index (κ2) is 8.60. The zero-order chi connectivity index (χ0) is 24.8. The van der Waals surface area contributed by atoms with Gasteiger partial charge in [-0.2, -0.15) is 13.2 Å². The van der Waals surface area contributed by atoms with E-state index in [0.717, 1.165) is 11.0 Å². The molecule has 34 heavy (non-hydrogen) atoms. The normalized spacial score (nSPS) is 14.5. The number of anilines is 1. The van der Waals surface area contributed by atoms with Crippen LogP contribution in [0, 0.1) is 6.92 Å². The molecule has 0 unspecified atom stereocenters. The Morgan fingerprint density at radius 3 is 2.82 bits per heavy atom. The molecule has 1 aromatic carbocycles. The van der Waals surface area contributed by atoms with Crippen molar-refractivity contribution in [3.63, 3.8) is 0 Å². The first-order chi connectivity index (χ1) is 16.0. The number of nitrogens with zero attached hydrogens (tertiary/aromatic N) is 4. The van der Waals surface area contributed by atoms with E-state index in [1.807, 2.05) is 0 Å². The molecular weight excluding hydrogens is 477 g/mol. The van der Waals surface area contributed by atoms with Crippen LogP contribution in [0.4, 0.5) is 23.8 Å². The smallest absolute Gasteiger partial charge is 0.418 e. The highest BCUT2D eigenvalue weighted by Crippen LogP contribution is 2.41. The van der Waals surface area contributed by atoms with E-state index >= 15 is 0 Å². The summed E-state index contributed by atoms with van der Waals surface area (Å²) in [5, 5.41) is 12.9. The second-order valence-electron chi connectivity index (χ2n) is 7.69. The number of hydrogen-bond acceptors (Lipinski definition) is 7. The number of carboxylic acid groups (broad SMARTS) is 1. The topological polar surface area (TPSA) is 116 Å². The molecule has 2 aromatic rings. The van der Waals surface area contributed by atoms with Crippen LogP contribution in [0.5, 0.6) is 5.75 Å². The number of pyridine rings is 1. The minimum atomic E-state index is -4.70. The predicted octanol–water partition coefficient (Wildman–Crippen LogP) is 2.33. The third-order valence-corrected chi connectivity index (χ3v) is 5.81. The van der Waals surface area contributed by atoms with Crippen molar-refractivity contribution in [3.05, 3.63) is 51.3 Å². The molecule has 180 valence electrons. The molecule has 1 aromatic heterocycles. The fraction of sp³-hybridized carbons (Fsp3) is 0.286. The number of rotatable bonds is 4. The Labute approximate surface area is 196 Å². The predicted molar refractivity (Wildman–Crippen MR) is 118 cm³/mol. The molecule has 0 radical (unpaired) electrons. The summed E-state index contributed by atoms with van der Waals surface area (Å²) >= 11 is 6.61. The number of amides is 1. The molecule has 9 nitrogen and oxygen atoms in total. The fourth-order valence-electron chi connectivity index (χ4n) is 3.83. The summed E-state index contributed by atoms with van der Waals surface area (Å²) in [5.74, 6) is 0.662. The highest BCUT2D eigenvalue weighted by atomic mass is 35.5. The van der Waals surface area contributed by atoms with Crippen LogP contribution in [0.2, 0.25) is 5.02 Å². The number of halogens is 4. The number of aryl methyl sites for hydroxylation is 1. The SMILES string of the molecule is Cc1cc(N)nc(-c2cc3c4c(c2Cl)=NCNC=4N(CCN(C)C(=O)O)C=CO3)c1C(F)(F)F. The molecule has 0 fully saturated rings. The molecule has 13 heteroatoms. The van der Waals surface area contributed by atoms with Gasteiger partial charge in [-0.15, -0.1) is 0 Å². The monoisotopic (exact) mass is 496 g/mol. The molecule has 0 saturated heterocycles. The van der Waals surface area contributed by atoms with Gasteiger partial charge in [0.25, 0.3) is 0 Å². The summed E-state index contributed by atoms with van der Waals surface area (Å²) in [6.07, 6.45) is -2.84. The second-order valence-corrected chi connectivity index (χ2v) is 8.07. The van der Waals surface area contributed by atoms with Crippen LogP contribution in [0.25, 0.3) is 17.1 Å². The largest absolute Gasteiger partial charge is 0.465 e. The lowest BCUT2D eigenvalue weighted by Crippen LogP contribution is -2.45. The van der Waals surface area contributed by atoms with Crippen LogP contribution in [0.15, 0.2) is 29.6 Å². The molecule has 0 spiro atoms. The van der Waals surface area contributed by atoms with Crippen LogP contribution >= 0.6 is 11.6 Å². The summed E-state index contributed by atoms with van der Waals surface area (Å²) in [7, 11) is 1.44. The van der Waals surface area contributed by atoms with E-state index in [9.17, 15) is 18.0 Å². The van der Waals surface area contributed by atoms with E-state index in [1.54, 1.807) is 11.1 Å². The summed E-state index contributed by atoms with van der Waals surface area (Å²) in [6, 6.07) is 2.52. The number of benzene rings is 1. The molecule has 3 heterocycles. The first-order valence-electron chi connectivity index (χ1n) is 10.0. The van der Waals surface area contributed by atoms with E-state index < -0.39 is 23.5 Å². The quantitative estimate of drug-likeness (QED) is 0.595. The number of nitrogens with one attached hydrogen (secondary N) is 1. The molecule has 1 amide bonds. The molecule has 2 aliphatic heterocycles. The zero-order valence-electron chi connectivity index (χ0n) is 18.1. The van der Waals surface area contributed by atoms with Crippen LogP contribution < -0.4 is 26.4 Å². The van der Waals surface area contributed by atoms with E-state index in [4.69, 9.17) is 27.2 Å². The minimum absolute atomic E-state index is 0.0180. The van der Waals surface area contributed by atoms with Gasteiger partial charge in [-0.05, 0) is 24.6 Å². The molecule has 0 aliphatic carbocycles. The van der Waals surface area contributed by atoms with Gasteiger partial charge < -0.3 is 30.7 Å². The number of hydrogen-bond donors (Lipinski definition) is 3. The third-order valence-electron chi connectivity index (χ3n) is 5.42. The van der Waals surface area contributed by atoms with Gasteiger partial charge in [0.05, 0.1) is 26.9 Å². The number of carbonyl (C=O) groups is 1. The average molecular weight is 497 g/mol. The first-order valence-corrected chi connectivity index (χ1v) is 10.4. The van der Waals surface area contributed by atoms with Crippen LogP contribution in [0.3, 0.4) is 0 Å². The number of nitrogens with two attached hydrogens (primary N) is 1.